The maximum absolute atomic E-state index is 12.8. The summed E-state index contributed by atoms with van der Waals surface area (Å²) in [6.45, 7) is 3.89. The Labute approximate surface area is 140 Å². The molecule has 0 bridgehead atoms. The number of hydrogen-bond donors (Lipinski definition) is 1. The highest BCUT2D eigenvalue weighted by Gasteiger charge is 2.26. The number of carbonyl (C=O) groups is 1. The first-order valence-corrected chi connectivity index (χ1v) is 8.41. The fourth-order valence-corrected chi connectivity index (χ4v) is 3.58. The van der Waals surface area contributed by atoms with Gasteiger partial charge in [0.2, 0.25) is 5.91 Å². The van der Waals surface area contributed by atoms with Gasteiger partial charge in [-0.05, 0) is 38.0 Å². The number of aromatic nitrogens is 4. The monoisotopic (exact) mass is 323 g/mol. The van der Waals surface area contributed by atoms with Crippen LogP contribution in [0.15, 0.2) is 36.5 Å². The number of nitrogens with zero attached hydrogens (tertiary/aromatic N) is 4. The minimum absolute atomic E-state index is 0.158. The van der Waals surface area contributed by atoms with Crippen molar-refractivity contribution in [2.45, 2.75) is 32.2 Å². The predicted molar refractivity (Wildman–Crippen MR) is 91.6 cm³/mol. The third kappa shape index (κ3) is 2.68. The highest BCUT2D eigenvalue weighted by Crippen LogP contribution is 2.25. The topological polar surface area (TPSA) is 66.8 Å². The third-order valence-electron chi connectivity index (χ3n) is 4.87. The quantitative estimate of drug-likeness (QED) is 0.805. The molecule has 124 valence electrons. The molecular formula is C18H21N5O. The summed E-state index contributed by atoms with van der Waals surface area (Å²) in [6, 6.07) is 9.97. The number of likely N-dealkylation sites (tertiary alicyclic amines) is 1. The largest absolute Gasteiger partial charge is 0.340 e. The number of hydrogen-bond acceptors (Lipinski definition) is 3. The smallest absolute Gasteiger partial charge is 0.242 e. The molecule has 0 aliphatic carbocycles. The van der Waals surface area contributed by atoms with E-state index in [-0.39, 0.29) is 5.91 Å². The number of aryl methyl sites for hydroxylation is 1. The van der Waals surface area contributed by atoms with Crippen molar-refractivity contribution in [3.63, 3.8) is 0 Å². The van der Waals surface area contributed by atoms with Crippen molar-refractivity contribution < 1.29 is 4.79 Å². The maximum atomic E-state index is 12.8. The van der Waals surface area contributed by atoms with Gasteiger partial charge in [-0.1, -0.05) is 12.1 Å². The Morgan fingerprint density at radius 2 is 2.21 bits per heavy atom. The zero-order chi connectivity index (χ0) is 16.5. The van der Waals surface area contributed by atoms with E-state index in [9.17, 15) is 4.79 Å². The van der Waals surface area contributed by atoms with Crippen LogP contribution in [-0.2, 0) is 11.3 Å². The normalized spacial score (nSPS) is 18.2. The minimum Gasteiger partial charge on any atom is -0.340 e. The summed E-state index contributed by atoms with van der Waals surface area (Å²) in [5.74, 6) is 1.39. The minimum atomic E-state index is 0.158. The molecule has 3 heterocycles. The first kappa shape index (κ1) is 14.9. The molecule has 1 N–H and O–H groups in total. The van der Waals surface area contributed by atoms with Crippen LogP contribution >= 0.6 is 0 Å². The SMILES string of the molecule is Cc1nc2ccccc2n1CC(=O)N1CCCC(c2ccn[nH]2)C1. The summed E-state index contributed by atoms with van der Waals surface area (Å²) in [5, 5.41) is 7.08. The molecule has 0 radical (unpaired) electrons. The number of amides is 1. The highest BCUT2D eigenvalue weighted by atomic mass is 16.2. The fraction of sp³-hybridized carbons (Fsp3) is 0.389. The molecule has 1 saturated heterocycles. The zero-order valence-corrected chi connectivity index (χ0v) is 13.8. The molecule has 1 aliphatic rings. The Morgan fingerprint density at radius 3 is 3.04 bits per heavy atom. The number of imidazole rings is 1. The van der Waals surface area contributed by atoms with Crippen molar-refractivity contribution in [2.75, 3.05) is 13.1 Å². The van der Waals surface area contributed by atoms with E-state index in [0.29, 0.717) is 12.5 Å². The van der Waals surface area contributed by atoms with Crippen molar-refractivity contribution >= 4 is 16.9 Å². The van der Waals surface area contributed by atoms with Crippen LogP contribution in [0.4, 0.5) is 0 Å². The van der Waals surface area contributed by atoms with Gasteiger partial charge in [0, 0.05) is 30.9 Å². The van der Waals surface area contributed by atoms with E-state index >= 15 is 0 Å². The van der Waals surface area contributed by atoms with Crippen LogP contribution in [0, 0.1) is 6.92 Å². The molecule has 1 aromatic carbocycles. The van der Waals surface area contributed by atoms with Gasteiger partial charge >= 0.3 is 0 Å². The standard InChI is InChI=1S/C18H21N5O/c1-13-20-16-6-2-3-7-17(16)23(13)12-18(24)22-10-4-5-14(11-22)15-8-9-19-21-15/h2-3,6-9,14H,4-5,10-12H2,1H3,(H,19,21). The first-order chi connectivity index (χ1) is 11.7. The van der Waals surface area contributed by atoms with Crippen LogP contribution in [-0.4, -0.2) is 43.6 Å². The number of nitrogens with one attached hydrogen (secondary N) is 1. The van der Waals surface area contributed by atoms with Gasteiger partial charge in [0.15, 0.2) is 0 Å². The van der Waals surface area contributed by atoms with E-state index in [1.807, 2.05) is 46.7 Å². The van der Waals surface area contributed by atoms with Crippen molar-refractivity contribution in [1.82, 2.24) is 24.6 Å². The van der Waals surface area contributed by atoms with Crippen LogP contribution in [0.2, 0.25) is 0 Å². The molecule has 1 aliphatic heterocycles. The predicted octanol–water partition coefficient (Wildman–Crippen LogP) is 2.47. The molecule has 4 rings (SSSR count). The molecule has 6 nitrogen and oxygen atoms in total. The van der Waals surface area contributed by atoms with Crippen molar-refractivity contribution in [2.24, 2.45) is 0 Å². The second kappa shape index (κ2) is 6.11. The lowest BCUT2D eigenvalue weighted by Crippen LogP contribution is -2.41. The number of piperidine rings is 1. The summed E-state index contributed by atoms with van der Waals surface area (Å²) >= 11 is 0. The molecule has 1 fully saturated rings. The van der Waals surface area contributed by atoms with Crippen LogP contribution in [0.25, 0.3) is 11.0 Å². The van der Waals surface area contributed by atoms with E-state index in [1.54, 1.807) is 6.20 Å². The second-order valence-corrected chi connectivity index (χ2v) is 6.42. The number of benzene rings is 1. The lowest BCUT2D eigenvalue weighted by Gasteiger charge is -2.32. The van der Waals surface area contributed by atoms with Gasteiger partial charge in [-0.2, -0.15) is 5.10 Å². The van der Waals surface area contributed by atoms with Crippen LogP contribution in [0.5, 0.6) is 0 Å². The molecule has 3 aromatic rings. The van der Waals surface area contributed by atoms with Gasteiger partial charge in [0.05, 0.1) is 11.0 Å². The Hall–Kier alpha value is -2.63. The third-order valence-corrected chi connectivity index (χ3v) is 4.87. The van der Waals surface area contributed by atoms with E-state index in [2.05, 4.69) is 15.2 Å². The Bertz CT molecular complexity index is 852. The van der Waals surface area contributed by atoms with Gasteiger partial charge in [0.25, 0.3) is 0 Å². The maximum Gasteiger partial charge on any atom is 0.242 e. The van der Waals surface area contributed by atoms with Crippen molar-refractivity contribution in [1.29, 1.82) is 0 Å². The lowest BCUT2D eigenvalue weighted by molar-refractivity contribution is -0.133. The Kier molecular flexibility index (Phi) is 3.80. The molecule has 2 aromatic heterocycles. The number of carbonyl (C=O) groups excluding carboxylic acids is 1. The number of rotatable bonds is 3. The second-order valence-electron chi connectivity index (χ2n) is 6.42. The highest BCUT2D eigenvalue weighted by molar-refractivity contribution is 5.81. The van der Waals surface area contributed by atoms with Crippen LogP contribution in [0.1, 0.15) is 30.3 Å². The van der Waals surface area contributed by atoms with Crippen LogP contribution < -0.4 is 0 Å². The molecule has 1 atom stereocenters. The molecule has 24 heavy (non-hydrogen) atoms. The van der Waals surface area contributed by atoms with E-state index in [0.717, 1.165) is 48.5 Å². The summed E-state index contributed by atoms with van der Waals surface area (Å²) in [7, 11) is 0. The molecule has 0 saturated carbocycles. The number of fused-ring (bicyclic) bond motifs is 1. The van der Waals surface area contributed by atoms with Gasteiger partial charge < -0.3 is 9.47 Å². The van der Waals surface area contributed by atoms with Gasteiger partial charge in [-0.25, -0.2) is 4.98 Å². The summed E-state index contributed by atoms with van der Waals surface area (Å²) in [6.07, 6.45) is 3.90. The van der Waals surface area contributed by atoms with Gasteiger partial charge in [-0.3, -0.25) is 9.89 Å². The average molecular weight is 323 g/mol. The van der Waals surface area contributed by atoms with E-state index < -0.39 is 0 Å². The fourth-order valence-electron chi connectivity index (χ4n) is 3.58. The average Bonchev–Trinajstić information content (AvgIpc) is 3.24. The summed E-state index contributed by atoms with van der Waals surface area (Å²) in [4.78, 5) is 19.3. The molecule has 6 heteroatoms. The molecule has 1 unspecified atom stereocenters. The zero-order valence-electron chi connectivity index (χ0n) is 13.8. The Balaban J connectivity index is 1.52. The number of para-hydroxylation sites is 2. The van der Waals surface area contributed by atoms with Crippen LogP contribution in [0.3, 0.4) is 0 Å². The lowest BCUT2D eigenvalue weighted by atomic mass is 9.95. The van der Waals surface area contributed by atoms with Crippen molar-refractivity contribution in [3.8, 4) is 0 Å². The van der Waals surface area contributed by atoms with E-state index in [1.165, 1.54) is 0 Å². The summed E-state index contributed by atoms with van der Waals surface area (Å²) in [5.41, 5.74) is 3.08. The number of aromatic amines is 1. The van der Waals surface area contributed by atoms with Gasteiger partial charge in [-0.15, -0.1) is 0 Å². The molecule has 1 amide bonds. The number of H-pyrrole nitrogens is 1. The van der Waals surface area contributed by atoms with Gasteiger partial charge in [0.1, 0.15) is 12.4 Å². The van der Waals surface area contributed by atoms with Crippen molar-refractivity contribution in [3.05, 3.63) is 48.0 Å². The first-order valence-electron chi connectivity index (χ1n) is 8.41. The molecular weight excluding hydrogens is 302 g/mol. The Morgan fingerprint density at radius 1 is 1.33 bits per heavy atom. The summed E-state index contributed by atoms with van der Waals surface area (Å²) < 4.78 is 2.01. The molecule has 0 spiro atoms. The van der Waals surface area contributed by atoms with E-state index in [4.69, 9.17) is 0 Å².